The molecule has 2 fully saturated rings. The molecule has 1 amide bonds. The zero-order valence-electron chi connectivity index (χ0n) is 20.1. The molecule has 3 aromatic rings. The fourth-order valence-corrected chi connectivity index (χ4v) is 6.47. The van der Waals surface area contributed by atoms with Crippen LogP contribution in [0.1, 0.15) is 31.2 Å². The highest BCUT2D eigenvalue weighted by atomic mass is 32.2. The second kappa shape index (κ2) is 9.13. The van der Waals surface area contributed by atoms with Gasteiger partial charge in [-0.25, -0.2) is 13.4 Å². The Bertz CT molecular complexity index is 1450. The molecule has 0 spiro atoms. The molecule has 192 valence electrons. The largest absolute Gasteiger partial charge is 0.454 e. The van der Waals surface area contributed by atoms with E-state index in [1.165, 1.54) is 4.31 Å². The van der Waals surface area contributed by atoms with Crippen LogP contribution >= 0.6 is 0 Å². The number of hydrogen-bond donors (Lipinski definition) is 2. The minimum atomic E-state index is -3.68. The van der Waals surface area contributed by atoms with Gasteiger partial charge < -0.3 is 19.9 Å². The Kier molecular flexibility index (Phi) is 5.89. The van der Waals surface area contributed by atoms with Crippen LogP contribution in [-0.4, -0.2) is 54.7 Å². The predicted octanol–water partition coefficient (Wildman–Crippen LogP) is 3.29. The van der Waals surface area contributed by atoms with Gasteiger partial charge >= 0.3 is 0 Å². The topological polar surface area (TPSA) is 118 Å². The number of anilines is 1. The van der Waals surface area contributed by atoms with Crippen molar-refractivity contribution in [3.63, 3.8) is 0 Å². The molecule has 1 aromatic heterocycles. The summed E-state index contributed by atoms with van der Waals surface area (Å²) in [6, 6.07) is 17.5. The number of benzene rings is 2. The van der Waals surface area contributed by atoms with Crippen molar-refractivity contribution in [2.24, 2.45) is 0 Å². The summed E-state index contributed by atoms with van der Waals surface area (Å²) in [6.07, 6.45) is 2.09. The molecular weight excluding hydrogens is 494 g/mol. The number of nitrogens with one attached hydrogen (secondary N) is 1. The quantitative estimate of drug-likeness (QED) is 0.511. The molecule has 6 rings (SSSR count). The van der Waals surface area contributed by atoms with E-state index in [0.29, 0.717) is 42.4 Å². The van der Waals surface area contributed by atoms with Gasteiger partial charge in [0.05, 0.1) is 22.1 Å². The van der Waals surface area contributed by atoms with Crippen LogP contribution in [0, 0.1) is 0 Å². The van der Waals surface area contributed by atoms with Crippen LogP contribution in [0.2, 0.25) is 0 Å². The molecule has 2 aromatic carbocycles. The van der Waals surface area contributed by atoms with E-state index in [1.54, 1.807) is 36.4 Å². The van der Waals surface area contributed by atoms with Crippen molar-refractivity contribution >= 4 is 21.7 Å². The lowest BCUT2D eigenvalue weighted by atomic mass is 9.94. The minimum absolute atomic E-state index is 0.112. The van der Waals surface area contributed by atoms with Crippen molar-refractivity contribution in [1.82, 2.24) is 9.29 Å². The highest BCUT2D eigenvalue weighted by molar-refractivity contribution is 7.89. The first-order valence-corrected chi connectivity index (χ1v) is 13.8. The van der Waals surface area contributed by atoms with E-state index in [9.17, 15) is 18.3 Å². The number of aliphatic hydroxyl groups excluding tert-OH is 1. The Hall–Kier alpha value is -3.47. The molecule has 0 radical (unpaired) electrons. The maximum absolute atomic E-state index is 13.3. The third kappa shape index (κ3) is 4.45. The lowest BCUT2D eigenvalue weighted by Crippen LogP contribution is -2.42. The van der Waals surface area contributed by atoms with Crippen LogP contribution in [0.3, 0.4) is 0 Å². The normalized spacial score (nSPS) is 20.4. The molecule has 0 bridgehead atoms. The van der Waals surface area contributed by atoms with Gasteiger partial charge in [0.1, 0.15) is 5.82 Å². The van der Waals surface area contributed by atoms with E-state index < -0.39 is 21.5 Å². The lowest BCUT2D eigenvalue weighted by Gasteiger charge is -2.29. The number of ether oxygens (including phenoxy) is 2. The van der Waals surface area contributed by atoms with Crippen LogP contribution < -0.4 is 14.8 Å². The highest BCUT2D eigenvalue weighted by Gasteiger charge is 2.51. The fourth-order valence-electron chi connectivity index (χ4n) is 4.95. The van der Waals surface area contributed by atoms with Crippen molar-refractivity contribution in [2.45, 2.75) is 42.1 Å². The van der Waals surface area contributed by atoms with Gasteiger partial charge in [-0.3, -0.25) is 4.79 Å². The molecule has 1 atom stereocenters. The number of carbonyl (C=O) groups excluding carboxylic acids is 1. The van der Waals surface area contributed by atoms with Crippen LogP contribution in [0.5, 0.6) is 11.5 Å². The third-order valence-corrected chi connectivity index (χ3v) is 9.13. The summed E-state index contributed by atoms with van der Waals surface area (Å²) < 4.78 is 38.1. The van der Waals surface area contributed by atoms with Crippen molar-refractivity contribution < 1.29 is 27.8 Å². The molecule has 37 heavy (non-hydrogen) atoms. The first-order valence-electron chi connectivity index (χ1n) is 12.3. The molecule has 1 unspecified atom stereocenters. The van der Waals surface area contributed by atoms with Crippen LogP contribution in [0.25, 0.3) is 11.3 Å². The van der Waals surface area contributed by atoms with Crippen LogP contribution in [0.15, 0.2) is 65.6 Å². The second-order valence-corrected chi connectivity index (χ2v) is 11.6. The number of hydrogen-bond acceptors (Lipinski definition) is 7. The summed E-state index contributed by atoms with van der Waals surface area (Å²) in [5.74, 6) is 1.63. The van der Waals surface area contributed by atoms with Gasteiger partial charge in [0.2, 0.25) is 22.7 Å². The Morgan fingerprint density at radius 2 is 1.84 bits per heavy atom. The Labute approximate surface area is 215 Å². The van der Waals surface area contributed by atoms with E-state index in [2.05, 4.69) is 10.3 Å². The van der Waals surface area contributed by atoms with E-state index >= 15 is 0 Å². The molecular formula is C27H27N3O6S. The molecule has 9 nitrogen and oxygen atoms in total. The van der Waals surface area contributed by atoms with Gasteiger partial charge in [-0.2, -0.15) is 4.31 Å². The van der Waals surface area contributed by atoms with Crippen LogP contribution in [0.4, 0.5) is 5.82 Å². The number of piperidine rings is 1. The zero-order valence-corrected chi connectivity index (χ0v) is 20.9. The molecule has 3 aliphatic rings. The number of pyridine rings is 1. The summed E-state index contributed by atoms with van der Waals surface area (Å²) >= 11 is 0. The van der Waals surface area contributed by atoms with E-state index in [-0.39, 0.29) is 24.1 Å². The minimum Gasteiger partial charge on any atom is -0.454 e. The van der Waals surface area contributed by atoms with Gasteiger partial charge in [0.15, 0.2) is 11.5 Å². The van der Waals surface area contributed by atoms with Crippen molar-refractivity contribution in [1.29, 1.82) is 0 Å². The fraction of sp³-hybridized carbons (Fsp3) is 0.333. The average molecular weight is 522 g/mol. The smallest absolute Gasteiger partial charge is 0.243 e. The molecule has 1 saturated heterocycles. The Balaban J connectivity index is 1.18. The highest BCUT2D eigenvalue weighted by Crippen LogP contribution is 2.51. The van der Waals surface area contributed by atoms with E-state index in [4.69, 9.17) is 9.47 Å². The SMILES string of the molecule is O=C(Nc1cccc(-c2ccc(S(=O)(=O)N3CCCC(O)C3)cc2)n1)C1(c2ccc3c(c2)OCO3)CC1. The van der Waals surface area contributed by atoms with Gasteiger partial charge in [-0.1, -0.05) is 24.3 Å². The lowest BCUT2D eigenvalue weighted by molar-refractivity contribution is -0.118. The molecule has 10 heteroatoms. The van der Waals surface area contributed by atoms with Gasteiger partial charge in [0.25, 0.3) is 0 Å². The number of aliphatic hydroxyl groups is 1. The van der Waals surface area contributed by atoms with Gasteiger partial charge in [-0.05, 0) is 67.6 Å². The first-order chi connectivity index (χ1) is 17.8. The van der Waals surface area contributed by atoms with Crippen molar-refractivity contribution in [3.05, 3.63) is 66.2 Å². The number of sulfonamides is 1. The van der Waals surface area contributed by atoms with E-state index in [0.717, 1.165) is 24.0 Å². The molecule has 3 heterocycles. The second-order valence-electron chi connectivity index (χ2n) is 9.70. The third-order valence-electron chi connectivity index (χ3n) is 7.25. The van der Waals surface area contributed by atoms with Crippen molar-refractivity contribution in [2.75, 3.05) is 25.2 Å². The van der Waals surface area contributed by atoms with E-state index in [1.807, 2.05) is 24.3 Å². The summed E-state index contributed by atoms with van der Waals surface area (Å²) in [7, 11) is -3.68. The Morgan fingerprint density at radius 1 is 1.05 bits per heavy atom. The maximum Gasteiger partial charge on any atom is 0.243 e. The molecule has 2 aliphatic heterocycles. The molecule has 1 saturated carbocycles. The van der Waals surface area contributed by atoms with Crippen LogP contribution in [-0.2, 0) is 20.2 Å². The summed E-state index contributed by atoms with van der Waals surface area (Å²) in [4.78, 5) is 18.0. The standard InChI is InChI=1S/C27H27N3O6S/c31-20-3-2-14-30(16-20)37(33,34)21-9-6-18(7-10-21)22-4-1-5-25(28-22)29-26(32)27(12-13-27)19-8-11-23-24(15-19)36-17-35-23/h1,4-11,15,20,31H,2-3,12-14,16-17H2,(H,28,29,32). The summed E-state index contributed by atoms with van der Waals surface area (Å²) in [5.41, 5.74) is 1.62. The van der Waals surface area contributed by atoms with Gasteiger partial charge in [-0.15, -0.1) is 0 Å². The number of nitrogens with zero attached hydrogens (tertiary/aromatic N) is 2. The average Bonchev–Trinajstić information content (AvgIpc) is 3.59. The first kappa shape index (κ1) is 23.9. The monoisotopic (exact) mass is 521 g/mol. The maximum atomic E-state index is 13.3. The number of aromatic nitrogens is 1. The number of carbonyl (C=O) groups is 1. The number of amides is 1. The predicted molar refractivity (Wildman–Crippen MR) is 136 cm³/mol. The summed E-state index contributed by atoms with van der Waals surface area (Å²) in [5, 5.41) is 12.8. The number of fused-ring (bicyclic) bond motifs is 1. The number of rotatable bonds is 6. The molecule has 2 N–H and O–H groups in total. The Morgan fingerprint density at radius 3 is 2.59 bits per heavy atom. The summed E-state index contributed by atoms with van der Waals surface area (Å²) in [6.45, 7) is 0.697. The van der Waals surface area contributed by atoms with Crippen molar-refractivity contribution in [3.8, 4) is 22.8 Å². The van der Waals surface area contributed by atoms with Gasteiger partial charge in [0, 0.05) is 18.7 Å². The molecule has 1 aliphatic carbocycles. The zero-order chi connectivity index (χ0) is 25.6. The number of β-amino-alcohol motifs (C(OH)–C–C–N with tert-alkyl or cyclic N) is 1.